The fourth-order valence-electron chi connectivity index (χ4n) is 1.76. The van der Waals surface area contributed by atoms with Crippen molar-refractivity contribution in [3.63, 3.8) is 0 Å². The van der Waals surface area contributed by atoms with Gasteiger partial charge in [-0.1, -0.05) is 29.3 Å². The number of rotatable bonds is 2. The third-order valence-electron chi connectivity index (χ3n) is 2.90. The maximum atomic E-state index is 11.4. The normalized spacial score (nSPS) is 17.9. The smallest absolute Gasteiger partial charge is 0.140 e. The zero-order valence-electron chi connectivity index (χ0n) is 7.81. The van der Waals surface area contributed by atoms with Crippen molar-refractivity contribution in [1.29, 1.82) is 0 Å². The molecule has 0 N–H and O–H groups in total. The fraction of sp³-hybridized carbons (Fsp3) is 0.364. The standard InChI is InChI=1S/C11H10Cl2O/c1-7(14)11(4-5-11)8-2-3-9(12)10(13)6-8/h2-3,6H,4-5H2,1H3. The molecule has 1 aromatic rings. The zero-order valence-corrected chi connectivity index (χ0v) is 9.32. The average molecular weight is 229 g/mol. The largest absolute Gasteiger partial charge is 0.299 e. The second kappa shape index (κ2) is 3.25. The zero-order chi connectivity index (χ0) is 10.3. The van der Waals surface area contributed by atoms with Crippen molar-refractivity contribution in [1.82, 2.24) is 0 Å². The SMILES string of the molecule is CC(=O)C1(c2ccc(Cl)c(Cl)c2)CC1. The molecule has 1 nitrogen and oxygen atoms in total. The van der Waals surface area contributed by atoms with E-state index in [0.717, 1.165) is 18.4 Å². The van der Waals surface area contributed by atoms with Crippen LogP contribution in [0, 0.1) is 0 Å². The summed E-state index contributed by atoms with van der Waals surface area (Å²) in [5.74, 6) is 0.218. The molecule has 14 heavy (non-hydrogen) atoms. The summed E-state index contributed by atoms with van der Waals surface area (Å²) in [4.78, 5) is 11.4. The maximum absolute atomic E-state index is 11.4. The van der Waals surface area contributed by atoms with Crippen LogP contribution in [0.15, 0.2) is 18.2 Å². The van der Waals surface area contributed by atoms with Crippen LogP contribution in [0.2, 0.25) is 10.0 Å². The molecule has 0 bridgehead atoms. The number of benzene rings is 1. The van der Waals surface area contributed by atoms with E-state index in [-0.39, 0.29) is 11.2 Å². The maximum Gasteiger partial charge on any atom is 0.140 e. The van der Waals surface area contributed by atoms with Crippen LogP contribution in [0.3, 0.4) is 0 Å². The Morgan fingerprint density at radius 3 is 2.36 bits per heavy atom. The molecule has 0 unspecified atom stereocenters. The molecule has 0 aromatic heterocycles. The minimum atomic E-state index is -0.256. The van der Waals surface area contributed by atoms with Crippen molar-refractivity contribution in [2.75, 3.05) is 0 Å². The summed E-state index contributed by atoms with van der Waals surface area (Å²) < 4.78 is 0. The summed E-state index contributed by atoms with van der Waals surface area (Å²) >= 11 is 11.7. The lowest BCUT2D eigenvalue weighted by Gasteiger charge is -2.12. The summed E-state index contributed by atoms with van der Waals surface area (Å²) in [6.45, 7) is 1.63. The molecule has 0 aliphatic heterocycles. The summed E-state index contributed by atoms with van der Waals surface area (Å²) in [6, 6.07) is 5.45. The van der Waals surface area contributed by atoms with E-state index >= 15 is 0 Å². The molecule has 1 fully saturated rings. The van der Waals surface area contributed by atoms with E-state index in [9.17, 15) is 4.79 Å². The van der Waals surface area contributed by atoms with Crippen molar-refractivity contribution in [3.05, 3.63) is 33.8 Å². The first-order valence-corrected chi connectivity index (χ1v) is 5.28. The van der Waals surface area contributed by atoms with E-state index in [1.54, 1.807) is 19.1 Å². The minimum Gasteiger partial charge on any atom is -0.299 e. The van der Waals surface area contributed by atoms with E-state index in [0.29, 0.717) is 10.0 Å². The highest BCUT2D eigenvalue weighted by atomic mass is 35.5. The molecule has 1 aliphatic carbocycles. The van der Waals surface area contributed by atoms with Gasteiger partial charge in [-0.2, -0.15) is 0 Å². The van der Waals surface area contributed by atoms with Crippen LogP contribution in [-0.2, 0) is 10.2 Å². The first-order valence-electron chi connectivity index (χ1n) is 4.53. The third-order valence-corrected chi connectivity index (χ3v) is 3.64. The first kappa shape index (κ1) is 10.0. The Morgan fingerprint density at radius 1 is 1.29 bits per heavy atom. The monoisotopic (exact) mass is 228 g/mol. The minimum absolute atomic E-state index is 0.218. The molecule has 0 heterocycles. The van der Waals surface area contributed by atoms with E-state index in [1.165, 1.54) is 0 Å². The van der Waals surface area contributed by atoms with Gasteiger partial charge in [0.15, 0.2) is 0 Å². The third kappa shape index (κ3) is 1.45. The number of ketones is 1. The summed E-state index contributed by atoms with van der Waals surface area (Å²) in [5.41, 5.74) is 0.744. The van der Waals surface area contributed by atoms with Crippen LogP contribution in [0.1, 0.15) is 25.3 Å². The molecule has 0 spiro atoms. The molecule has 74 valence electrons. The predicted molar refractivity (Wildman–Crippen MR) is 58.1 cm³/mol. The molecule has 3 heteroatoms. The fourth-order valence-corrected chi connectivity index (χ4v) is 2.06. The predicted octanol–water partition coefficient (Wildman–Crippen LogP) is 3.61. The molecule has 1 aliphatic rings. The number of hydrogen-bond donors (Lipinski definition) is 0. The van der Waals surface area contributed by atoms with Crippen molar-refractivity contribution in [2.24, 2.45) is 0 Å². The van der Waals surface area contributed by atoms with Crippen molar-refractivity contribution in [2.45, 2.75) is 25.2 Å². The average Bonchev–Trinajstić information content (AvgIpc) is 2.90. The van der Waals surface area contributed by atoms with Gasteiger partial charge in [-0.25, -0.2) is 0 Å². The molecule has 1 saturated carbocycles. The Labute approximate surface area is 93.0 Å². The van der Waals surface area contributed by atoms with Crippen LogP contribution in [0.25, 0.3) is 0 Å². The molecule has 1 aromatic carbocycles. The van der Waals surface area contributed by atoms with Gasteiger partial charge in [0.25, 0.3) is 0 Å². The Balaban J connectivity index is 2.43. The Hall–Kier alpha value is -0.530. The number of Topliss-reactive ketones (excluding diaryl/α,β-unsaturated/α-hetero) is 1. The Kier molecular flexibility index (Phi) is 2.32. The van der Waals surface area contributed by atoms with Gasteiger partial charge in [0.1, 0.15) is 5.78 Å². The van der Waals surface area contributed by atoms with Crippen molar-refractivity contribution in [3.8, 4) is 0 Å². The molecular weight excluding hydrogens is 219 g/mol. The lowest BCUT2D eigenvalue weighted by molar-refractivity contribution is -0.119. The van der Waals surface area contributed by atoms with Gasteiger partial charge in [-0.15, -0.1) is 0 Å². The van der Waals surface area contributed by atoms with Gasteiger partial charge >= 0.3 is 0 Å². The van der Waals surface area contributed by atoms with Crippen LogP contribution < -0.4 is 0 Å². The highest BCUT2D eigenvalue weighted by Gasteiger charge is 2.48. The summed E-state index contributed by atoms with van der Waals surface area (Å²) in [7, 11) is 0. The molecule has 0 radical (unpaired) electrons. The van der Waals surface area contributed by atoms with Gasteiger partial charge in [0.2, 0.25) is 0 Å². The van der Waals surface area contributed by atoms with E-state index in [2.05, 4.69) is 0 Å². The van der Waals surface area contributed by atoms with Crippen LogP contribution in [0.4, 0.5) is 0 Å². The Bertz CT molecular complexity index is 394. The quantitative estimate of drug-likeness (QED) is 0.756. The van der Waals surface area contributed by atoms with Gasteiger partial charge in [0, 0.05) is 0 Å². The Morgan fingerprint density at radius 2 is 1.93 bits per heavy atom. The highest BCUT2D eigenvalue weighted by Crippen LogP contribution is 2.49. The highest BCUT2D eigenvalue weighted by molar-refractivity contribution is 6.42. The lowest BCUT2D eigenvalue weighted by Crippen LogP contribution is -2.16. The van der Waals surface area contributed by atoms with Gasteiger partial charge in [0.05, 0.1) is 15.5 Å². The van der Waals surface area contributed by atoms with Gasteiger partial charge < -0.3 is 0 Å². The van der Waals surface area contributed by atoms with E-state index in [1.807, 2.05) is 6.07 Å². The number of halogens is 2. The van der Waals surface area contributed by atoms with Gasteiger partial charge in [-0.05, 0) is 37.5 Å². The summed E-state index contributed by atoms with van der Waals surface area (Å²) in [5, 5.41) is 1.06. The van der Waals surface area contributed by atoms with Crippen LogP contribution in [-0.4, -0.2) is 5.78 Å². The molecule has 0 amide bonds. The first-order chi connectivity index (χ1) is 6.56. The number of carbonyl (C=O) groups excluding carboxylic acids is 1. The van der Waals surface area contributed by atoms with E-state index in [4.69, 9.17) is 23.2 Å². The van der Waals surface area contributed by atoms with Crippen LogP contribution in [0.5, 0.6) is 0 Å². The second-order valence-corrected chi connectivity index (χ2v) is 4.58. The molecule has 0 atom stereocenters. The van der Waals surface area contributed by atoms with Crippen molar-refractivity contribution < 1.29 is 4.79 Å². The number of hydrogen-bond acceptors (Lipinski definition) is 1. The molecule has 0 saturated heterocycles. The lowest BCUT2D eigenvalue weighted by atomic mass is 9.92. The van der Waals surface area contributed by atoms with Gasteiger partial charge in [-0.3, -0.25) is 4.79 Å². The summed E-state index contributed by atoms with van der Waals surface area (Å²) in [6.07, 6.45) is 1.86. The van der Waals surface area contributed by atoms with E-state index < -0.39 is 0 Å². The number of carbonyl (C=O) groups is 1. The van der Waals surface area contributed by atoms with Crippen molar-refractivity contribution >= 4 is 29.0 Å². The molecular formula is C11H10Cl2O. The van der Waals surface area contributed by atoms with Crippen LogP contribution >= 0.6 is 23.2 Å². The second-order valence-electron chi connectivity index (χ2n) is 3.77. The molecule has 2 rings (SSSR count). The topological polar surface area (TPSA) is 17.1 Å².